The number of aryl methyl sites for hydroxylation is 1. The van der Waals surface area contributed by atoms with Gasteiger partial charge in [0, 0.05) is 19.1 Å². The summed E-state index contributed by atoms with van der Waals surface area (Å²) in [6.07, 6.45) is 1.29. The van der Waals surface area contributed by atoms with Crippen molar-refractivity contribution in [2.75, 3.05) is 18.0 Å². The van der Waals surface area contributed by atoms with E-state index < -0.39 is 5.60 Å². The minimum Gasteiger partial charge on any atom is -0.444 e. The van der Waals surface area contributed by atoms with Gasteiger partial charge < -0.3 is 15.0 Å². The monoisotopic (exact) mass is 405 g/mol. The van der Waals surface area contributed by atoms with E-state index >= 15 is 0 Å². The molecule has 0 bridgehead atoms. The number of pyridine rings is 1. The molecular formula is C23H27N5O2. The zero-order valence-corrected chi connectivity index (χ0v) is 17.9. The van der Waals surface area contributed by atoms with Crippen LogP contribution in [-0.2, 0) is 4.74 Å². The number of hydrogen-bond acceptors (Lipinski definition) is 5. The van der Waals surface area contributed by atoms with Crippen LogP contribution in [0, 0.1) is 18.3 Å². The number of piperidine rings is 1. The van der Waals surface area contributed by atoms with Crippen LogP contribution in [0.25, 0.3) is 16.7 Å². The standard InChI is InChI=1S/C23H27N5O2/c1-15-13-20(27-11-9-16(10-12-27)25-22(29)30-23(2,3)4)28-19-8-6-5-7-18(19)26-21(28)17(15)14-24/h5-8,13,16H,9-12H2,1-4H3,(H,25,29). The molecule has 7 heteroatoms. The molecule has 1 aliphatic heterocycles. The Balaban J connectivity index is 1.61. The van der Waals surface area contributed by atoms with E-state index in [1.54, 1.807) is 0 Å². The fourth-order valence-electron chi connectivity index (χ4n) is 4.03. The molecule has 3 aromatic rings. The van der Waals surface area contributed by atoms with E-state index in [1.165, 1.54) is 0 Å². The van der Waals surface area contributed by atoms with Crippen LogP contribution in [-0.4, -0.2) is 40.2 Å². The Labute approximate surface area is 176 Å². The van der Waals surface area contributed by atoms with Crippen LogP contribution in [0.4, 0.5) is 10.6 Å². The number of nitriles is 1. The van der Waals surface area contributed by atoms with E-state index in [0.29, 0.717) is 11.2 Å². The number of para-hydroxylation sites is 2. The van der Waals surface area contributed by atoms with Crippen molar-refractivity contribution in [3.63, 3.8) is 0 Å². The Morgan fingerprint density at radius 2 is 1.97 bits per heavy atom. The molecule has 1 aliphatic rings. The number of anilines is 1. The molecule has 0 aliphatic carbocycles. The SMILES string of the molecule is Cc1cc(N2CCC(NC(=O)OC(C)(C)C)CC2)n2c(nc3ccccc32)c1C#N. The molecule has 156 valence electrons. The highest BCUT2D eigenvalue weighted by atomic mass is 16.6. The van der Waals surface area contributed by atoms with Crippen LogP contribution in [0.15, 0.2) is 30.3 Å². The maximum Gasteiger partial charge on any atom is 0.407 e. The summed E-state index contributed by atoms with van der Waals surface area (Å²) >= 11 is 0. The molecule has 3 heterocycles. The van der Waals surface area contributed by atoms with Crippen LogP contribution in [0.1, 0.15) is 44.7 Å². The molecule has 2 aromatic heterocycles. The van der Waals surface area contributed by atoms with E-state index in [4.69, 9.17) is 9.72 Å². The topological polar surface area (TPSA) is 82.7 Å². The fraction of sp³-hybridized carbons (Fsp3) is 0.435. The Hall–Kier alpha value is -3.27. The van der Waals surface area contributed by atoms with Crippen LogP contribution in [0.5, 0.6) is 0 Å². The van der Waals surface area contributed by atoms with Gasteiger partial charge in [-0.3, -0.25) is 4.40 Å². The van der Waals surface area contributed by atoms with E-state index in [-0.39, 0.29) is 12.1 Å². The van der Waals surface area contributed by atoms with Crippen LogP contribution < -0.4 is 10.2 Å². The maximum atomic E-state index is 12.1. The first-order valence-electron chi connectivity index (χ1n) is 10.3. The van der Waals surface area contributed by atoms with Gasteiger partial charge in [-0.2, -0.15) is 5.26 Å². The van der Waals surface area contributed by atoms with Gasteiger partial charge in [-0.05, 0) is 64.3 Å². The second kappa shape index (κ2) is 7.52. The molecular weight excluding hydrogens is 378 g/mol. The highest BCUT2D eigenvalue weighted by Crippen LogP contribution is 2.30. The average Bonchev–Trinajstić information content (AvgIpc) is 3.06. The number of carbonyl (C=O) groups excluding carboxylic acids is 1. The smallest absolute Gasteiger partial charge is 0.407 e. The predicted molar refractivity (Wildman–Crippen MR) is 117 cm³/mol. The number of benzene rings is 1. The average molecular weight is 406 g/mol. The number of alkyl carbamates (subject to hydrolysis) is 1. The van der Waals surface area contributed by atoms with Gasteiger partial charge >= 0.3 is 6.09 Å². The van der Waals surface area contributed by atoms with Gasteiger partial charge in [0.05, 0.1) is 16.6 Å². The van der Waals surface area contributed by atoms with Gasteiger partial charge in [-0.25, -0.2) is 9.78 Å². The van der Waals surface area contributed by atoms with E-state index in [0.717, 1.165) is 48.3 Å². The lowest BCUT2D eigenvalue weighted by molar-refractivity contribution is 0.0497. The number of amides is 1. The fourth-order valence-corrected chi connectivity index (χ4v) is 4.03. The lowest BCUT2D eigenvalue weighted by atomic mass is 10.0. The van der Waals surface area contributed by atoms with Gasteiger partial charge in [-0.15, -0.1) is 0 Å². The quantitative estimate of drug-likeness (QED) is 0.692. The molecule has 0 radical (unpaired) electrons. The van der Waals surface area contributed by atoms with E-state index in [9.17, 15) is 10.1 Å². The molecule has 0 spiro atoms. The summed E-state index contributed by atoms with van der Waals surface area (Å²) in [5.41, 5.74) is 3.59. The number of aromatic nitrogens is 2. The number of hydrogen-bond donors (Lipinski definition) is 1. The Bertz CT molecular complexity index is 1140. The van der Waals surface area contributed by atoms with Crippen LogP contribution in [0.3, 0.4) is 0 Å². The van der Waals surface area contributed by atoms with Crippen molar-refractivity contribution in [2.45, 2.75) is 52.2 Å². The van der Waals surface area contributed by atoms with Crippen molar-refractivity contribution in [3.05, 3.63) is 41.5 Å². The second-order valence-corrected chi connectivity index (χ2v) is 8.84. The van der Waals surface area contributed by atoms with Crippen molar-refractivity contribution in [1.29, 1.82) is 5.26 Å². The normalized spacial score (nSPS) is 15.4. The highest BCUT2D eigenvalue weighted by Gasteiger charge is 2.26. The van der Waals surface area contributed by atoms with Crippen LogP contribution in [0.2, 0.25) is 0 Å². The molecule has 7 nitrogen and oxygen atoms in total. The van der Waals surface area contributed by atoms with Crippen LogP contribution >= 0.6 is 0 Å². The zero-order chi connectivity index (χ0) is 21.5. The summed E-state index contributed by atoms with van der Waals surface area (Å²) in [5, 5.41) is 12.7. The van der Waals surface area contributed by atoms with E-state index in [1.807, 2.05) is 52.0 Å². The lowest BCUT2D eigenvalue weighted by Gasteiger charge is -2.34. The molecule has 30 heavy (non-hydrogen) atoms. The molecule has 4 rings (SSSR count). The summed E-state index contributed by atoms with van der Waals surface area (Å²) in [6.45, 7) is 9.15. The molecule has 1 fully saturated rings. The lowest BCUT2D eigenvalue weighted by Crippen LogP contribution is -2.46. The minimum atomic E-state index is -0.501. The summed E-state index contributed by atoms with van der Waals surface area (Å²) in [7, 11) is 0. The van der Waals surface area contributed by atoms with Gasteiger partial charge in [0.25, 0.3) is 0 Å². The summed E-state index contributed by atoms with van der Waals surface area (Å²) in [4.78, 5) is 19.1. The number of imidazole rings is 1. The zero-order valence-electron chi connectivity index (χ0n) is 17.9. The molecule has 1 aromatic carbocycles. The first-order valence-corrected chi connectivity index (χ1v) is 10.3. The number of fused-ring (bicyclic) bond motifs is 3. The third kappa shape index (κ3) is 3.78. The van der Waals surface area contributed by atoms with Crippen molar-refractivity contribution in [2.24, 2.45) is 0 Å². The summed E-state index contributed by atoms with van der Waals surface area (Å²) in [6, 6.07) is 12.4. The highest BCUT2D eigenvalue weighted by molar-refractivity contribution is 5.85. The molecule has 0 saturated carbocycles. The summed E-state index contributed by atoms with van der Waals surface area (Å²) in [5.74, 6) is 1.03. The second-order valence-electron chi connectivity index (χ2n) is 8.84. The Morgan fingerprint density at radius 3 is 2.63 bits per heavy atom. The van der Waals surface area contributed by atoms with Crippen molar-refractivity contribution in [3.8, 4) is 6.07 Å². The van der Waals surface area contributed by atoms with Crippen molar-refractivity contribution >= 4 is 28.6 Å². The Kier molecular flexibility index (Phi) is 5.02. The number of nitrogens with zero attached hydrogens (tertiary/aromatic N) is 4. The van der Waals surface area contributed by atoms with Crippen molar-refractivity contribution < 1.29 is 9.53 Å². The number of rotatable bonds is 2. The molecule has 0 unspecified atom stereocenters. The van der Waals surface area contributed by atoms with Gasteiger partial charge in [-0.1, -0.05) is 12.1 Å². The first kappa shape index (κ1) is 20.0. The summed E-state index contributed by atoms with van der Waals surface area (Å²) < 4.78 is 7.47. The van der Waals surface area contributed by atoms with Gasteiger partial charge in [0.15, 0.2) is 5.65 Å². The number of nitrogens with one attached hydrogen (secondary N) is 1. The number of ether oxygens (including phenoxy) is 1. The molecule has 1 saturated heterocycles. The molecule has 1 amide bonds. The third-order valence-electron chi connectivity index (χ3n) is 5.41. The maximum absolute atomic E-state index is 12.1. The van der Waals surface area contributed by atoms with E-state index in [2.05, 4.69) is 26.8 Å². The molecule has 1 N–H and O–H groups in total. The van der Waals surface area contributed by atoms with Gasteiger partial charge in [0.2, 0.25) is 0 Å². The third-order valence-corrected chi connectivity index (χ3v) is 5.41. The first-order chi connectivity index (χ1) is 14.3. The largest absolute Gasteiger partial charge is 0.444 e. The minimum absolute atomic E-state index is 0.0885. The predicted octanol–water partition coefficient (Wildman–Crippen LogP) is 4.16. The number of carbonyl (C=O) groups is 1. The Morgan fingerprint density at radius 1 is 1.27 bits per heavy atom. The molecule has 0 atom stereocenters. The van der Waals surface area contributed by atoms with Crippen molar-refractivity contribution in [1.82, 2.24) is 14.7 Å². The van der Waals surface area contributed by atoms with Gasteiger partial charge in [0.1, 0.15) is 17.5 Å².